The first-order valence-electron chi connectivity index (χ1n) is 1.82. The molecule has 0 heterocycles. The molecule has 0 aliphatic heterocycles. The molecule has 0 aromatic carbocycles. The van der Waals surface area contributed by atoms with Gasteiger partial charge in [-0.05, 0) is 13.8 Å². The number of aliphatic carboxylic acids is 2. The fourth-order valence-corrected chi connectivity index (χ4v) is 0. The van der Waals surface area contributed by atoms with Crippen molar-refractivity contribution in [1.29, 1.82) is 0 Å². The van der Waals surface area contributed by atoms with Gasteiger partial charge in [0.1, 0.15) is 0 Å². The van der Waals surface area contributed by atoms with Gasteiger partial charge in [-0.25, -0.2) is 0 Å². The normalized spacial score (nSPS) is 2.94. The van der Waals surface area contributed by atoms with Gasteiger partial charge >= 0.3 is 48.9 Å². The minimum absolute atomic E-state index is 0. The van der Waals surface area contributed by atoms with E-state index in [-0.39, 0.29) is 92.7 Å². The third-order valence-corrected chi connectivity index (χ3v) is 0. The van der Waals surface area contributed by atoms with Crippen molar-refractivity contribution in [1.82, 2.24) is 0 Å². The minimum atomic E-state index is -1.08. The van der Waals surface area contributed by atoms with E-state index in [0.29, 0.717) is 0 Å². The van der Waals surface area contributed by atoms with Gasteiger partial charge in [-0.2, -0.15) is 0 Å². The van der Waals surface area contributed by atoms with Crippen LogP contribution in [0.1, 0.15) is 13.8 Å². The summed E-state index contributed by atoms with van der Waals surface area (Å²) in [5.41, 5.74) is 0. The van der Waals surface area contributed by atoms with Gasteiger partial charge < -0.3 is 63.6 Å². The van der Waals surface area contributed by atoms with E-state index in [0.717, 1.165) is 13.8 Å². The second-order valence-corrected chi connectivity index (χ2v) is 0.983. The van der Waals surface area contributed by atoms with Crippen LogP contribution in [0.4, 0.5) is 0 Å². The van der Waals surface area contributed by atoms with E-state index in [1.807, 2.05) is 0 Å². The molecule has 0 aliphatic carbocycles. The molecule has 16 N–H and O–H groups in total. The third kappa shape index (κ3) is 89000. The molecule has 0 aromatic heterocycles. The van der Waals surface area contributed by atoms with Crippen molar-refractivity contribution in [3.05, 3.63) is 0 Å². The Hall–Kier alpha value is 0.191. The molecule has 0 atom stereocenters. The summed E-state index contributed by atoms with van der Waals surface area (Å²) in [5, 5.41) is 17.8. The molecule has 0 radical (unpaired) electrons. The van der Waals surface area contributed by atoms with E-state index >= 15 is 0 Å². The zero-order chi connectivity index (χ0) is 7.15. The standard InChI is InChI=1S/2C2H4O2.Ba.8H2O/c2*1-2(3)4;;;;;;;;;/h2*1H3,(H,3,4);;8*1H2/q;;+2;;;;;;;;/p-2. The first-order chi connectivity index (χ1) is 3.46. The molecule has 0 aliphatic rings. The summed E-state index contributed by atoms with van der Waals surface area (Å²) in [6.45, 7) is 1.94. The smallest absolute Gasteiger partial charge is 0.550 e. The van der Waals surface area contributed by atoms with E-state index in [1.165, 1.54) is 0 Å². The number of carboxylic acid groups (broad SMARTS) is 2. The van der Waals surface area contributed by atoms with Gasteiger partial charge in [0.25, 0.3) is 0 Å². The molecule has 13 heteroatoms. The van der Waals surface area contributed by atoms with Gasteiger partial charge in [0.05, 0.1) is 0 Å². The summed E-state index contributed by atoms with van der Waals surface area (Å²) in [5.74, 6) is -2.17. The molecule has 0 saturated heterocycles. The van der Waals surface area contributed by atoms with Crippen LogP contribution in [-0.4, -0.2) is 105 Å². The maximum Gasteiger partial charge on any atom is 2.00 e. The van der Waals surface area contributed by atoms with Crippen LogP contribution in [0.25, 0.3) is 0 Å². The molecule has 12 nitrogen and oxygen atoms in total. The summed E-state index contributed by atoms with van der Waals surface area (Å²) in [7, 11) is 0. The molecule has 0 rings (SSSR count). The van der Waals surface area contributed by atoms with Crippen LogP contribution in [0.2, 0.25) is 0 Å². The molecular weight excluding hydrogens is 377 g/mol. The van der Waals surface area contributed by atoms with Crippen LogP contribution in [0, 0.1) is 0 Å². The molecule has 0 aromatic rings. The number of rotatable bonds is 0. The summed E-state index contributed by atoms with van der Waals surface area (Å²) in [6.07, 6.45) is 0. The number of hydrogen-bond acceptors (Lipinski definition) is 4. The Morgan fingerprint density at radius 1 is 0.588 bits per heavy atom. The number of carbonyl (C=O) groups excluding carboxylic acids is 2. The maximum absolute atomic E-state index is 8.89. The second-order valence-electron chi connectivity index (χ2n) is 0.983. The average molecular weight is 400 g/mol. The van der Waals surface area contributed by atoms with Crippen LogP contribution >= 0.6 is 0 Å². The molecule has 112 valence electrons. The zero-order valence-electron chi connectivity index (χ0n) is 9.34. The number of carboxylic acids is 2. The SMILES string of the molecule is CC(=O)[O-].CC(=O)[O-].O.O.O.O.O.O.O.O.[Ba+2]. The maximum atomic E-state index is 8.89. The van der Waals surface area contributed by atoms with E-state index in [1.54, 1.807) is 0 Å². The molecule has 0 spiro atoms. The van der Waals surface area contributed by atoms with E-state index in [4.69, 9.17) is 19.8 Å². The Morgan fingerprint density at radius 2 is 0.588 bits per heavy atom. The van der Waals surface area contributed by atoms with Gasteiger partial charge in [-0.1, -0.05) is 0 Å². The van der Waals surface area contributed by atoms with Crippen molar-refractivity contribution in [2.24, 2.45) is 0 Å². The fraction of sp³-hybridized carbons (Fsp3) is 0.500. The third-order valence-electron chi connectivity index (χ3n) is 0. The van der Waals surface area contributed by atoms with Crippen molar-refractivity contribution >= 4 is 60.8 Å². The monoisotopic (exact) mass is 400 g/mol. The van der Waals surface area contributed by atoms with Crippen LogP contribution in [-0.2, 0) is 9.59 Å². The van der Waals surface area contributed by atoms with Gasteiger partial charge in [0.15, 0.2) is 0 Å². The van der Waals surface area contributed by atoms with Gasteiger partial charge in [-0.15, -0.1) is 0 Å². The zero-order valence-corrected chi connectivity index (χ0v) is 13.8. The topological polar surface area (TPSA) is 332 Å². The first-order valence-corrected chi connectivity index (χ1v) is 1.82. The number of carbonyl (C=O) groups is 2. The summed E-state index contributed by atoms with van der Waals surface area (Å²) < 4.78 is 0. The van der Waals surface area contributed by atoms with E-state index < -0.39 is 11.9 Å². The molecule has 0 saturated carbocycles. The van der Waals surface area contributed by atoms with Crippen LogP contribution in [0.5, 0.6) is 0 Å². The minimum Gasteiger partial charge on any atom is -0.550 e. The summed E-state index contributed by atoms with van der Waals surface area (Å²) in [4.78, 5) is 17.8. The van der Waals surface area contributed by atoms with Crippen molar-refractivity contribution in [2.45, 2.75) is 13.8 Å². The largest absolute Gasteiger partial charge is 2.00 e. The predicted molar refractivity (Wildman–Crippen MR) is 56.0 cm³/mol. The Labute approximate surface area is 137 Å². The van der Waals surface area contributed by atoms with Crippen LogP contribution in [0.3, 0.4) is 0 Å². The molecule has 0 unspecified atom stereocenters. The van der Waals surface area contributed by atoms with Crippen LogP contribution < -0.4 is 10.2 Å². The first kappa shape index (κ1) is 118. The Kier molecular flexibility index (Phi) is 674. The Balaban J connectivity index is -0.00000000308. The van der Waals surface area contributed by atoms with Gasteiger partial charge in [0, 0.05) is 11.9 Å². The van der Waals surface area contributed by atoms with E-state index in [9.17, 15) is 0 Å². The van der Waals surface area contributed by atoms with Crippen molar-refractivity contribution in [3.63, 3.8) is 0 Å². The Bertz CT molecular complexity index is 76.5. The second kappa shape index (κ2) is 97.5. The molecule has 0 amide bonds. The summed E-state index contributed by atoms with van der Waals surface area (Å²) in [6, 6.07) is 0. The molecule has 0 fully saturated rings. The Morgan fingerprint density at radius 3 is 0.588 bits per heavy atom. The fourth-order valence-electron chi connectivity index (χ4n) is 0. The van der Waals surface area contributed by atoms with Gasteiger partial charge in [0.2, 0.25) is 0 Å². The predicted octanol–water partition coefficient (Wildman–Crippen LogP) is -9.47. The van der Waals surface area contributed by atoms with Crippen LogP contribution in [0.15, 0.2) is 0 Å². The molecular formula is C4H22BaO12. The van der Waals surface area contributed by atoms with Crippen molar-refractivity contribution in [2.75, 3.05) is 0 Å². The molecule has 0 bridgehead atoms. The van der Waals surface area contributed by atoms with E-state index in [2.05, 4.69) is 0 Å². The van der Waals surface area contributed by atoms with Gasteiger partial charge in [-0.3, -0.25) is 0 Å². The average Bonchev–Trinajstić information content (AvgIpc) is 1.25. The van der Waals surface area contributed by atoms with Crippen molar-refractivity contribution < 1.29 is 63.6 Å². The summed E-state index contributed by atoms with van der Waals surface area (Å²) >= 11 is 0. The quantitative estimate of drug-likeness (QED) is 0.357. The molecule has 17 heavy (non-hydrogen) atoms. The van der Waals surface area contributed by atoms with Crippen molar-refractivity contribution in [3.8, 4) is 0 Å². The number of hydrogen-bond donors (Lipinski definition) is 0.